The Hall–Kier alpha value is -1.84. The molecule has 2 aromatic rings. The average molecular weight is 204 g/mol. The van der Waals surface area contributed by atoms with Gasteiger partial charge in [0.2, 0.25) is 5.89 Å². The van der Waals surface area contributed by atoms with Crippen molar-refractivity contribution < 1.29 is 4.42 Å². The van der Waals surface area contributed by atoms with Crippen molar-refractivity contribution in [2.75, 3.05) is 0 Å². The van der Waals surface area contributed by atoms with Gasteiger partial charge in [-0.2, -0.15) is 0 Å². The smallest absolute Gasteiger partial charge is 0.392 e. The van der Waals surface area contributed by atoms with Crippen LogP contribution in [0.15, 0.2) is 27.4 Å². The van der Waals surface area contributed by atoms with Gasteiger partial charge in [0.1, 0.15) is 0 Å². The van der Waals surface area contributed by atoms with Crippen LogP contribution in [0.25, 0.3) is 0 Å². The lowest BCUT2D eigenvalue weighted by molar-refractivity contribution is 0.471. The zero-order chi connectivity index (χ0) is 10.8. The minimum atomic E-state index is -0.504. The number of nitrogens with zero attached hydrogens (tertiary/aromatic N) is 1. The van der Waals surface area contributed by atoms with Crippen LogP contribution in [-0.4, -0.2) is 10.2 Å². The number of benzene rings is 1. The molecule has 0 aliphatic heterocycles. The Morgan fingerprint density at radius 2 is 2.20 bits per heavy atom. The summed E-state index contributed by atoms with van der Waals surface area (Å²) in [6, 6.07) is 6.18. The Labute approximate surface area is 86.9 Å². The largest absolute Gasteiger partial charge is 0.434 e. The van der Waals surface area contributed by atoms with Gasteiger partial charge in [0.15, 0.2) is 0 Å². The molecule has 0 aliphatic carbocycles. The van der Waals surface area contributed by atoms with Crippen LogP contribution in [-0.2, 0) is 6.42 Å². The van der Waals surface area contributed by atoms with Crippen molar-refractivity contribution in [1.82, 2.24) is 10.2 Å². The summed E-state index contributed by atoms with van der Waals surface area (Å²) in [5.74, 6) is -0.0796. The van der Waals surface area contributed by atoms with E-state index in [0.717, 1.165) is 5.56 Å². The van der Waals surface area contributed by atoms with Crippen molar-refractivity contribution in [3.8, 4) is 0 Å². The minimum Gasteiger partial charge on any atom is -0.392 e. The first kappa shape index (κ1) is 9.71. The number of hydrogen-bond acceptors (Lipinski definition) is 3. The van der Waals surface area contributed by atoms with Crippen molar-refractivity contribution in [1.29, 1.82) is 0 Å². The summed E-state index contributed by atoms with van der Waals surface area (Å²) in [4.78, 5) is 10.7. The van der Waals surface area contributed by atoms with E-state index in [1.165, 1.54) is 11.1 Å². The van der Waals surface area contributed by atoms with Gasteiger partial charge in [-0.3, -0.25) is 0 Å². The molecular weight excluding hydrogens is 192 g/mol. The van der Waals surface area contributed by atoms with E-state index in [2.05, 4.69) is 28.4 Å². The molecule has 1 aromatic heterocycles. The normalized spacial score (nSPS) is 10.5. The summed E-state index contributed by atoms with van der Waals surface area (Å²) in [6.45, 7) is 4.06. The molecule has 0 saturated heterocycles. The number of H-pyrrole nitrogens is 1. The third-order valence-corrected chi connectivity index (χ3v) is 2.33. The predicted octanol–water partition coefficient (Wildman–Crippen LogP) is 1.57. The van der Waals surface area contributed by atoms with Crippen LogP contribution in [0.4, 0.5) is 0 Å². The van der Waals surface area contributed by atoms with E-state index >= 15 is 0 Å². The Morgan fingerprint density at radius 3 is 2.87 bits per heavy atom. The molecule has 78 valence electrons. The van der Waals surface area contributed by atoms with Gasteiger partial charge in [-0.15, -0.1) is 5.10 Å². The van der Waals surface area contributed by atoms with E-state index in [0.29, 0.717) is 12.3 Å². The van der Waals surface area contributed by atoms with Crippen molar-refractivity contribution in [2.45, 2.75) is 20.3 Å². The van der Waals surface area contributed by atoms with Crippen molar-refractivity contribution in [3.63, 3.8) is 0 Å². The fourth-order valence-electron chi connectivity index (χ4n) is 1.49. The van der Waals surface area contributed by atoms with E-state index in [1.54, 1.807) is 0 Å². The molecule has 1 N–H and O–H groups in total. The first-order valence-corrected chi connectivity index (χ1v) is 4.75. The molecule has 0 bridgehead atoms. The van der Waals surface area contributed by atoms with Gasteiger partial charge in [0.25, 0.3) is 0 Å². The topological polar surface area (TPSA) is 58.9 Å². The van der Waals surface area contributed by atoms with Crippen LogP contribution in [0.1, 0.15) is 22.6 Å². The van der Waals surface area contributed by atoms with Gasteiger partial charge in [0, 0.05) is 0 Å². The molecule has 4 nitrogen and oxygen atoms in total. The highest BCUT2D eigenvalue weighted by molar-refractivity contribution is 5.31. The highest BCUT2D eigenvalue weighted by atomic mass is 16.4. The molecule has 0 radical (unpaired) electrons. The highest BCUT2D eigenvalue weighted by Crippen LogP contribution is 2.13. The maximum absolute atomic E-state index is 10.7. The van der Waals surface area contributed by atoms with Crippen LogP contribution in [0.5, 0.6) is 0 Å². The van der Waals surface area contributed by atoms with Crippen LogP contribution in [0.3, 0.4) is 0 Å². The second-order valence-corrected chi connectivity index (χ2v) is 3.61. The molecule has 0 aliphatic rings. The Kier molecular flexibility index (Phi) is 2.41. The Morgan fingerprint density at radius 1 is 1.40 bits per heavy atom. The van der Waals surface area contributed by atoms with Gasteiger partial charge < -0.3 is 4.42 Å². The molecule has 4 heteroatoms. The van der Waals surface area contributed by atoms with Gasteiger partial charge in [0.05, 0.1) is 6.42 Å². The Balaban J connectivity index is 2.31. The van der Waals surface area contributed by atoms with Crippen molar-refractivity contribution in [3.05, 3.63) is 51.3 Å². The van der Waals surface area contributed by atoms with Crippen LogP contribution in [0, 0.1) is 13.8 Å². The summed E-state index contributed by atoms with van der Waals surface area (Å²) in [5.41, 5.74) is 3.49. The molecule has 15 heavy (non-hydrogen) atoms. The molecule has 0 unspecified atom stereocenters. The lowest BCUT2D eigenvalue weighted by atomic mass is 10.0. The van der Waals surface area contributed by atoms with Gasteiger partial charge >= 0.3 is 5.76 Å². The molecule has 1 heterocycles. The van der Waals surface area contributed by atoms with E-state index in [9.17, 15) is 4.79 Å². The summed E-state index contributed by atoms with van der Waals surface area (Å²) >= 11 is 0. The average Bonchev–Trinajstić information content (AvgIpc) is 2.58. The first-order chi connectivity index (χ1) is 7.15. The van der Waals surface area contributed by atoms with Gasteiger partial charge in [-0.25, -0.2) is 9.89 Å². The number of rotatable bonds is 2. The quantitative estimate of drug-likeness (QED) is 0.807. The molecule has 0 saturated carbocycles. The van der Waals surface area contributed by atoms with E-state index in [-0.39, 0.29) is 0 Å². The molecule has 1 aromatic carbocycles. The van der Waals surface area contributed by atoms with Crippen LogP contribution in [0.2, 0.25) is 0 Å². The summed E-state index contributed by atoms with van der Waals surface area (Å²) < 4.78 is 4.86. The second kappa shape index (κ2) is 3.73. The fraction of sp³-hybridized carbons (Fsp3) is 0.273. The molecular formula is C11H12N2O2. The number of hydrogen-bond donors (Lipinski definition) is 1. The number of aryl methyl sites for hydroxylation is 2. The number of aromatic nitrogens is 2. The minimum absolute atomic E-state index is 0.425. The fourth-order valence-corrected chi connectivity index (χ4v) is 1.49. The molecule has 0 amide bonds. The summed E-state index contributed by atoms with van der Waals surface area (Å²) in [5, 5.41) is 6.03. The van der Waals surface area contributed by atoms with E-state index in [4.69, 9.17) is 4.42 Å². The van der Waals surface area contributed by atoms with Gasteiger partial charge in [-0.1, -0.05) is 23.8 Å². The second-order valence-electron chi connectivity index (χ2n) is 3.61. The monoisotopic (exact) mass is 204 g/mol. The van der Waals surface area contributed by atoms with Gasteiger partial charge in [-0.05, 0) is 25.0 Å². The lowest BCUT2D eigenvalue weighted by Gasteiger charge is -2.03. The standard InChI is InChI=1S/C11H12N2O2/c1-7-3-4-8(2)9(5-7)6-10-12-13-11(14)15-10/h3-5H,6H2,1-2H3,(H,13,14). The maximum atomic E-state index is 10.7. The van der Waals surface area contributed by atoms with Crippen molar-refractivity contribution in [2.24, 2.45) is 0 Å². The van der Waals surface area contributed by atoms with Crippen LogP contribution >= 0.6 is 0 Å². The van der Waals surface area contributed by atoms with Crippen molar-refractivity contribution >= 4 is 0 Å². The van der Waals surface area contributed by atoms with E-state index < -0.39 is 5.76 Å². The lowest BCUT2D eigenvalue weighted by Crippen LogP contribution is -1.94. The molecule has 0 spiro atoms. The zero-order valence-corrected chi connectivity index (χ0v) is 8.70. The predicted molar refractivity (Wildman–Crippen MR) is 55.8 cm³/mol. The van der Waals surface area contributed by atoms with E-state index in [1.807, 2.05) is 13.8 Å². The third-order valence-electron chi connectivity index (χ3n) is 2.33. The Bertz CT molecular complexity index is 525. The zero-order valence-electron chi connectivity index (χ0n) is 8.70. The number of aromatic amines is 1. The molecule has 2 rings (SSSR count). The summed E-state index contributed by atoms with van der Waals surface area (Å²) in [7, 11) is 0. The number of nitrogens with one attached hydrogen (secondary N) is 1. The third kappa shape index (κ3) is 2.15. The highest BCUT2D eigenvalue weighted by Gasteiger charge is 2.05. The molecule has 0 atom stereocenters. The summed E-state index contributed by atoms with van der Waals surface area (Å²) in [6.07, 6.45) is 0.548. The maximum Gasteiger partial charge on any atom is 0.434 e. The van der Waals surface area contributed by atoms with Crippen LogP contribution < -0.4 is 5.76 Å². The first-order valence-electron chi connectivity index (χ1n) is 4.75. The SMILES string of the molecule is Cc1ccc(C)c(Cc2n[nH]c(=O)o2)c1. The molecule has 0 fully saturated rings.